The number of imidazole rings is 1. The van der Waals surface area contributed by atoms with Crippen LogP contribution < -0.4 is 5.73 Å². The SMILES string of the molecule is CCCn1nccc1C(N)c1cn(C)cn1. The van der Waals surface area contributed by atoms with Gasteiger partial charge in [-0.3, -0.25) is 4.68 Å². The molecule has 0 aliphatic rings. The Balaban J connectivity index is 2.26. The zero-order valence-corrected chi connectivity index (χ0v) is 9.67. The van der Waals surface area contributed by atoms with Crippen LogP contribution in [0, 0.1) is 0 Å². The van der Waals surface area contributed by atoms with Crippen molar-refractivity contribution < 1.29 is 0 Å². The number of aryl methyl sites for hydroxylation is 2. The van der Waals surface area contributed by atoms with Gasteiger partial charge in [0.05, 0.1) is 23.8 Å². The van der Waals surface area contributed by atoms with Gasteiger partial charge in [-0.2, -0.15) is 5.10 Å². The zero-order valence-electron chi connectivity index (χ0n) is 9.67. The summed E-state index contributed by atoms with van der Waals surface area (Å²) in [5, 5.41) is 4.26. The van der Waals surface area contributed by atoms with Crippen LogP contribution in [-0.4, -0.2) is 19.3 Å². The van der Waals surface area contributed by atoms with Crippen LogP contribution in [0.25, 0.3) is 0 Å². The topological polar surface area (TPSA) is 61.7 Å². The predicted molar refractivity (Wildman–Crippen MR) is 61.8 cm³/mol. The Hall–Kier alpha value is -1.62. The van der Waals surface area contributed by atoms with Crippen LogP contribution in [0.5, 0.6) is 0 Å². The highest BCUT2D eigenvalue weighted by Gasteiger charge is 2.15. The molecule has 1 unspecified atom stereocenters. The van der Waals surface area contributed by atoms with Crippen molar-refractivity contribution in [2.24, 2.45) is 12.8 Å². The lowest BCUT2D eigenvalue weighted by Crippen LogP contribution is -2.18. The maximum atomic E-state index is 6.17. The first-order valence-corrected chi connectivity index (χ1v) is 5.47. The second kappa shape index (κ2) is 4.49. The summed E-state index contributed by atoms with van der Waals surface area (Å²) >= 11 is 0. The fraction of sp³-hybridized carbons (Fsp3) is 0.455. The molecule has 0 amide bonds. The fourth-order valence-corrected chi connectivity index (χ4v) is 1.75. The molecule has 5 nitrogen and oxygen atoms in total. The van der Waals surface area contributed by atoms with Crippen molar-refractivity contribution in [2.75, 3.05) is 0 Å². The molecule has 1 atom stereocenters. The summed E-state index contributed by atoms with van der Waals surface area (Å²) in [5.74, 6) is 0. The molecule has 2 rings (SSSR count). The summed E-state index contributed by atoms with van der Waals surface area (Å²) in [4.78, 5) is 4.27. The lowest BCUT2D eigenvalue weighted by Gasteiger charge is -2.11. The Morgan fingerprint density at radius 2 is 2.31 bits per heavy atom. The van der Waals surface area contributed by atoms with E-state index >= 15 is 0 Å². The van der Waals surface area contributed by atoms with Crippen molar-refractivity contribution in [1.82, 2.24) is 19.3 Å². The molecule has 0 radical (unpaired) electrons. The van der Waals surface area contributed by atoms with Crippen molar-refractivity contribution in [2.45, 2.75) is 25.9 Å². The third-order valence-electron chi connectivity index (χ3n) is 2.55. The van der Waals surface area contributed by atoms with E-state index < -0.39 is 0 Å². The zero-order chi connectivity index (χ0) is 11.5. The molecule has 2 heterocycles. The largest absolute Gasteiger partial charge is 0.340 e. The van der Waals surface area contributed by atoms with Gasteiger partial charge >= 0.3 is 0 Å². The first kappa shape index (κ1) is 10.9. The van der Waals surface area contributed by atoms with Crippen LogP contribution in [0.2, 0.25) is 0 Å². The highest BCUT2D eigenvalue weighted by atomic mass is 15.3. The number of rotatable bonds is 4. The number of hydrogen-bond acceptors (Lipinski definition) is 3. The van der Waals surface area contributed by atoms with Crippen LogP contribution in [-0.2, 0) is 13.6 Å². The summed E-state index contributed by atoms with van der Waals surface area (Å²) in [6.45, 7) is 3.01. The summed E-state index contributed by atoms with van der Waals surface area (Å²) in [6.07, 6.45) is 6.53. The van der Waals surface area contributed by atoms with E-state index in [2.05, 4.69) is 17.0 Å². The van der Waals surface area contributed by atoms with Gasteiger partial charge in [-0.15, -0.1) is 0 Å². The highest BCUT2D eigenvalue weighted by molar-refractivity contribution is 5.19. The molecule has 0 saturated heterocycles. The Morgan fingerprint density at radius 3 is 2.94 bits per heavy atom. The average Bonchev–Trinajstić information content (AvgIpc) is 2.87. The van der Waals surface area contributed by atoms with E-state index in [0.717, 1.165) is 24.4 Å². The summed E-state index contributed by atoms with van der Waals surface area (Å²) in [6, 6.07) is 1.75. The number of hydrogen-bond donors (Lipinski definition) is 1. The van der Waals surface area contributed by atoms with Gasteiger partial charge in [-0.25, -0.2) is 4.98 Å². The Kier molecular flexibility index (Phi) is 3.05. The summed E-state index contributed by atoms with van der Waals surface area (Å²) in [7, 11) is 1.94. The Morgan fingerprint density at radius 1 is 1.50 bits per heavy atom. The molecule has 0 bridgehead atoms. The Bertz CT molecular complexity index is 456. The molecule has 86 valence electrons. The predicted octanol–water partition coefficient (Wildman–Crippen LogP) is 1.07. The second-order valence-corrected chi connectivity index (χ2v) is 3.92. The van der Waals surface area contributed by atoms with Gasteiger partial charge < -0.3 is 10.3 Å². The maximum absolute atomic E-state index is 6.17. The summed E-state index contributed by atoms with van der Waals surface area (Å²) in [5.41, 5.74) is 8.06. The van der Waals surface area contributed by atoms with Gasteiger partial charge in [-0.1, -0.05) is 6.92 Å². The van der Waals surface area contributed by atoms with E-state index in [-0.39, 0.29) is 6.04 Å². The molecule has 0 aliphatic carbocycles. The minimum Gasteiger partial charge on any atom is -0.340 e. The van der Waals surface area contributed by atoms with Crippen LogP contribution >= 0.6 is 0 Å². The van der Waals surface area contributed by atoms with Crippen LogP contribution in [0.15, 0.2) is 24.8 Å². The number of nitrogens with zero attached hydrogens (tertiary/aromatic N) is 4. The molecule has 0 spiro atoms. The normalized spacial score (nSPS) is 12.9. The second-order valence-electron chi connectivity index (χ2n) is 3.92. The van der Waals surface area contributed by atoms with Gasteiger partial charge in [0.15, 0.2) is 0 Å². The van der Waals surface area contributed by atoms with Crippen molar-refractivity contribution in [1.29, 1.82) is 0 Å². The lowest BCUT2D eigenvalue weighted by atomic mass is 10.1. The van der Waals surface area contributed by atoms with Gasteiger partial charge in [0.2, 0.25) is 0 Å². The Labute approximate surface area is 94.9 Å². The first-order chi connectivity index (χ1) is 7.72. The molecule has 5 heteroatoms. The van der Waals surface area contributed by atoms with Crippen molar-refractivity contribution in [3.05, 3.63) is 36.2 Å². The fourth-order valence-electron chi connectivity index (χ4n) is 1.75. The number of aromatic nitrogens is 4. The van der Waals surface area contributed by atoms with Crippen molar-refractivity contribution in [3.63, 3.8) is 0 Å². The molecule has 0 fully saturated rings. The van der Waals surface area contributed by atoms with Gasteiger partial charge in [0, 0.05) is 26.0 Å². The molecular formula is C11H17N5. The van der Waals surface area contributed by atoms with E-state index in [9.17, 15) is 0 Å². The van der Waals surface area contributed by atoms with Crippen LogP contribution in [0.3, 0.4) is 0 Å². The standard InChI is InChI=1S/C11H17N5/c1-3-6-16-10(4-5-14-16)11(12)9-7-15(2)8-13-9/h4-5,7-8,11H,3,6,12H2,1-2H3. The maximum Gasteiger partial charge on any atom is 0.0947 e. The van der Waals surface area contributed by atoms with E-state index in [1.807, 2.05) is 28.6 Å². The number of nitrogens with two attached hydrogens (primary N) is 1. The molecule has 16 heavy (non-hydrogen) atoms. The van der Waals surface area contributed by atoms with E-state index in [4.69, 9.17) is 5.73 Å². The van der Waals surface area contributed by atoms with E-state index in [1.165, 1.54) is 0 Å². The molecule has 2 aromatic rings. The molecule has 0 saturated carbocycles. The molecule has 2 aromatic heterocycles. The minimum atomic E-state index is -0.199. The first-order valence-electron chi connectivity index (χ1n) is 5.47. The minimum absolute atomic E-state index is 0.199. The smallest absolute Gasteiger partial charge is 0.0947 e. The lowest BCUT2D eigenvalue weighted by molar-refractivity contribution is 0.557. The molecular weight excluding hydrogens is 202 g/mol. The molecule has 0 aliphatic heterocycles. The van der Waals surface area contributed by atoms with Gasteiger partial charge in [0.25, 0.3) is 0 Å². The van der Waals surface area contributed by atoms with Crippen molar-refractivity contribution in [3.8, 4) is 0 Å². The molecule has 0 aromatic carbocycles. The average molecular weight is 219 g/mol. The monoisotopic (exact) mass is 219 g/mol. The van der Waals surface area contributed by atoms with Crippen molar-refractivity contribution >= 4 is 0 Å². The summed E-state index contributed by atoms with van der Waals surface area (Å²) < 4.78 is 3.84. The highest BCUT2D eigenvalue weighted by Crippen LogP contribution is 2.17. The van der Waals surface area contributed by atoms with Gasteiger partial charge in [0.1, 0.15) is 0 Å². The molecule has 2 N–H and O–H groups in total. The van der Waals surface area contributed by atoms with E-state index in [0.29, 0.717) is 0 Å². The van der Waals surface area contributed by atoms with Gasteiger partial charge in [-0.05, 0) is 12.5 Å². The van der Waals surface area contributed by atoms with Crippen LogP contribution in [0.4, 0.5) is 0 Å². The van der Waals surface area contributed by atoms with Crippen LogP contribution in [0.1, 0.15) is 30.8 Å². The van der Waals surface area contributed by atoms with E-state index in [1.54, 1.807) is 12.5 Å². The quantitative estimate of drug-likeness (QED) is 0.836. The third kappa shape index (κ3) is 1.99. The third-order valence-corrected chi connectivity index (χ3v) is 2.55.